The molecule has 0 aromatic heterocycles. The van der Waals surface area contributed by atoms with Gasteiger partial charge in [-0.1, -0.05) is 56.2 Å². The van der Waals surface area contributed by atoms with Crippen molar-refractivity contribution < 1.29 is 33.3 Å². The molecule has 0 amide bonds. The summed E-state index contributed by atoms with van der Waals surface area (Å²) in [5.41, 5.74) is 4.50. The highest BCUT2D eigenvalue weighted by Crippen LogP contribution is 2.38. The smallest absolute Gasteiger partial charge is 0.338 e. The Morgan fingerprint density at radius 2 is 1.09 bits per heavy atom. The Balaban J connectivity index is 2.05. The van der Waals surface area contributed by atoms with Crippen LogP contribution in [0, 0.1) is 0 Å². The summed E-state index contributed by atoms with van der Waals surface area (Å²) in [6, 6.07) is 17.2. The Morgan fingerprint density at radius 3 is 1.58 bits per heavy atom. The zero-order valence-corrected chi connectivity index (χ0v) is 25.0. The van der Waals surface area contributed by atoms with Crippen molar-refractivity contribution in [1.82, 2.24) is 0 Å². The highest BCUT2D eigenvalue weighted by molar-refractivity contribution is 5.91. The van der Waals surface area contributed by atoms with Gasteiger partial charge in [0.05, 0.1) is 6.26 Å². The lowest BCUT2D eigenvalue weighted by atomic mass is 10.0. The number of ether oxygens (including phenoxy) is 4. The third kappa shape index (κ3) is 9.30. The van der Waals surface area contributed by atoms with Gasteiger partial charge in [0.2, 0.25) is 0 Å². The van der Waals surface area contributed by atoms with Crippen LogP contribution in [0.3, 0.4) is 0 Å². The summed E-state index contributed by atoms with van der Waals surface area (Å²) in [5, 5.41) is 0. The second-order valence-electron chi connectivity index (χ2n) is 10.1. The number of benzene rings is 3. The summed E-state index contributed by atoms with van der Waals surface area (Å²) in [6.07, 6.45) is 5.30. The lowest BCUT2D eigenvalue weighted by molar-refractivity contribution is -0.130. The molecule has 43 heavy (non-hydrogen) atoms. The summed E-state index contributed by atoms with van der Waals surface area (Å²) in [4.78, 5) is 36.3. The van der Waals surface area contributed by atoms with Crippen LogP contribution in [-0.2, 0) is 14.4 Å². The Kier molecular flexibility index (Phi) is 10.8. The molecule has 3 aromatic carbocycles. The molecule has 0 unspecified atom stereocenters. The van der Waals surface area contributed by atoms with Crippen molar-refractivity contribution in [3.05, 3.63) is 120 Å². The molecule has 0 aliphatic rings. The fourth-order valence-electron chi connectivity index (χ4n) is 3.41. The monoisotopic (exact) mass is 578 g/mol. The van der Waals surface area contributed by atoms with E-state index in [2.05, 4.69) is 19.7 Å². The Labute approximate surface area is 252 Å². The van der Waals surface area contributed by atoms with Crippen LogP contribution in [0.1, 0.15) is 45.7 Å². The van der Waals surface area contributed by atoms with Crippen molar-refractivity contribution in [2.75, 3.05) is 0 Å². The van der Waals surface area contributed by atoms with Gasteiger partial charge in [-0.15, -0.1) is 0 Å². The minimum absolute atomic E-state index is 0.238. The van der Waals surface area contributed by atoms with E-state index >= 15 is 0 Å². The predicted molar refractivity (Wildman–Crippen MR) is 169 cm³/mol. The van der Waals surface area contributed by atoms with Crippen LogP contribution in [0.25, 0.3) is 23.3 Å². The SMILES string of the molecule is C=C(C)C(=O)Oc1ccc(/C=C/c2cc(OC(=O)C(=C)C)c(-c3ccc(OC(=O)C(=C)C)cc3)cc2OC=C(C)C)cc1. The largest absolute Gasteiger partial charge is 0.464 e. The van der Waals surface area contributed by atoms with Crippen molar-refractivity contribution >= 4 is 30.1 Å². The highest BCUT2D eigenvalue weighted by atomic mass is 16.5. The van der Waals surface area contributed by atoms with E-state index in [1.165, 1.54) is 0 Å². The number of hydrogen-bond donors (Lipinski definition) is 0. The van der Waals surface area contributed by atoms with E-state index < -0.39 is 17.9 Å². The predicted octanol–water partition coefficient (Wildman–Crippen LogP) is 8.27. The van der Waals surface area contributed by atoms with Gasteiger partial charge in [-0.05, 0) is 87.7 Å². The number of carbonyl (C=O) groups is 3. The van der Waals surface area contributed by atoms with E-state index in [9.17, 15) is 14.4 Å². The van der Waals surface area contributed by atoms with Crippen molar-refractivity contribution in [2.24, 2.45) is 0 Å². The quantitative estimate of drug-likeness (QED) is 0.0744. The van der Waals surface area contributed by atoms with Gasteiger partial charge in [0.1, 0.15) is 23.0 Å². The van der Waals surface area contributed by atoms with Crippen LogP contribution in [0.5, 0.6) is 23.0 Å². The zero-order valence-electron chi connectivity index (χ0n) is 25.0. The standard InChI is InChI=1S/C36H34O7/c1-22(2)21-40-32-20-31(27-13-17-30(18-14-27)42-35(38)24(5)6)33(43-36(39)25(7)8)19-28(32)12-9-26-10-15-29(16-11-26)41-34(37)23(3)4/h9-21H,3,5,7H2,1-2,4,6,8H3/b12-9+. The number of carbonyl (C=O) groups excluding carboxylic acids is 3. The molecule has 0 saturated heterocycles. The first kappa shape index (κ1) is 32.1. The molecule has 0 N–H and O–H groups in total. The fraction of sp³-hybridized carbons (Fsp3) is 0.139. The summed E-state index contributed by atoms with van der Waals surface area (Å²) >= 11 is 0. The lowest BCUT2D eigenvalue weighted by Gasteiger charge is -2.15. The highest BCUT2D eigenvalue weighted by Gasteiger charge is 2.17. The van der Waals surface area contributed by atoms with E-state index in [-0.39, 0.29) is 16.9 Å². The molecule has 3 rings (SSSR count). The van der Waals surface area contributed by atoms with Crippen molar-refractivity contribution in [2.45, 2.75) is 34.6 Å². The van der Waals surface area contributed by atoms with E-state index in [4.69, 9.17) is 18.9 Å². The van der Waals surface area contributed by atoms with E-state index in [1.807, 2.05) is 26.0 Å². The first-order valence-corrected chi connectivity index (χ1v) is 13.3. The molecule has 0 heterocycles. The molecular weight excluding hydrogens is 544 g/mol. The third-order valence-corrected chi connectivity index (χ3v) is 5.70. The van der Waals surface area contributed by atoms with Crippen LogP contribution in [0.4, 0.5) is 0 Å². The number of allylic oxidation sites excluding steroid dienone is 1. The molecule has 3 aromatic rings. The van der Waals surface area contributed by atoms with E-state index in [1.54, 1.807) is 87.7 Å². The van der Waals surface area contributed by atoms with Crippen LogP contribution in [0.15, 0.2) is 109 Å². The third-order valence-electron chi connectivity index (χ3n) is 5.70. The van der Waals surface area contributed by atoms with Gasteiger partial charge >= 0.3 is 17.9 Å². The first-order chi connectivity index (χ1) is 20.3. The maximum Gasteiger partial charge on any atom is 0.338 e. The summed E-state index contributed by atoms with van der Waals surface area (Å²) < 4.78 is 22.3. The van der Waals surface area contributed by atoms with Gasteiger partial charge in [0.15, 0.2) is 0 Å². The molecule has 0 bridgehead atoms. The molecule has 0 radical (unpaired) electrons. The average molecular weight is 579 g/mol. The number of esters is 3. The second-order valence-corrected chi connectivity index (χ2v) is 10.1. The second kappa shape index (κ2) is 14.5. The van der Waals surface area contributed by atoms with E-state index in [0.717, 1.165) is 11.1 Å². The van der Waals surface area contributed by atoms with Crippen LogP contribution in [-0.4, -0.2) is 17.9 Å². The summed E-state index contributed by atoms with van der Waals surface area (Å²) in [6.45, 7) is 19.4. The van der Waals surface area contributed by atoms with Gasteiger partial charge in [0.25, 0.3) is 0 Å². The topological polar surface area (TPSA) is 88.1 Å². The van der Waals surface area contributed by atoms with Crippen LogP contribution >= 0.6 is 0 Å². The van der Waals surface area contributed by atoms with Crippen LogP contribution in [0.2, 0.25) is 0 Å². The van der Waals surface area contributed by atoms with Gasteiger partial charge in [0, 0.05) is 27.8 Å². The molecule has 7 heteroatoms. The Bertz CT molecular complexity index is 1630. The summed E-state index contributed by atoms with van der Waals surface area (Å²) in [5.74, 6) is -0.0715. The van der Waals surface area contributed by atoms with Crippen molar-refractivity contribution in [3.63, 3.8) is 0 Å². The molecule has 0 aliphatic heterocycles. The normalized spacial score (nSPS) is 10.4. The molecule has 7 nitrogen and oxygen atoms in total. The first-order valence-electron chi connectivity index (χ1n) is 13.3. The Hall–Kier alpha value is -5.43. The van der Waals surface area contributed by atoms with Crippen molar-refractivity contribution in [3.8, 4) is 34.1 Å². The lowest BCUT2D eigenvalue weighted by Crippen LogP contribution is -2.09. The van der Waals surface area contributed by atoms with Gasteiger partial charge in [-0.25, -0.2) is 14.4 Å². The van der Waals surface area contributed by atoms with E-state index in [0.29, 0.717) is 39.5 Å². The Morgan fingerprint density at radius 1 is 0.605 bits per heavy atom. The zero-order chi connectivity index (χ0) is 31.7. The molecular formula is C36H34O7. The minimum Gasteiger partial charge on any atom is -0.464 e. The number of rotatable bonds is 11. The van der Waals surface area contributed by atoms with Crippen molar-refractivity contribution in [1.29, 1.82) is 0 Å². The van der Waals surface area contributed by atoms with Crippen LogP contribution < -0.4 is 18.9 Å². The van der Waals surface area contributed by atoms with Gasteiger partial charge in [-0.3, -0.25) is 0 Å². The van der Waals surface area contributed by atoms with Gasteiger partial charge in [-0.2, -0.15) is 0 Å². The summed E-state index contributed by atoms with van der Waals surface area (Å²) in [7, 11) is 0. The molecule has 0 saturated carbocycles. The molecule has 0 atom stereocenters. The molecule has 0 fully saturated rings. The molecule has 0 aliphatic carbocycles. The fourth-order valence-corrected chi connectivity index (χ4v) is 3.41. The average Bonchev–Trinajstić information content (AvgIpc) is 2.96. The molecule has 220 valence electrons. The minimum atomic E-state index is -0.582. The number of hydrogen-bond acceptors (Lipinski definition) is 7. The van der Waals surface area contributed by atoms with Gasteiger partial charge < -0.3 is 18.9 Å². The maximum absolute atomic E-state index is 12.6. The maximum atomic E-state index is 12.6. The molecule has 0 spiro atoms.